The molecule has 0 atom stereocenters. The second-order valence-corrected chi connectivity index (χ2v) is 2.76. The minimum absolute atomic E-state index is 0.266. The fourth-order valence-corrected chi connectivity index (χ4v) is 1.14. The quantitative estimate of drug-likeness (QED) is 0.512. The second-order valence-electron chi connectivity index (χ2n) is 2.76. The Kier molecular flexibility index (Phi) is 3.44. The van der Waals surface area contributed by atoms with Gasteiger partial charge in [-0.15, -0.1) is 0 Å². The highest BCUT2D eigenvalue weighted by Gasteiger charge is 2.03. The standard InChI is InChI=1S/C8H14O2/c9-8-5-3-1-2-4-6-10-7-8/h1-7H2. The Morgan fingerprint density at radius 1 is 1.10 bits per heavy atom. The van der Waals surface area contributed by atoms with Crippen molar-refractivity contribution in [3.8, 4) is 0 Å². The van der Waals surface area contributed by atoms with Crippen LogP contribution in [-0.4, -0.2) is 19.0 Å². The topological polar surface area (TPSA) is 26.3 Å². The molecule has 0 aromatic rings. The lowest BCUT2D eigenvalue weighted by Crippen LogP contribution is -2.07. The number of Topliss-reactive ketones (excluding diaryl/α,β-unsaturated/α-hetero) is 1. The van der Waals surface area contributed by atoms with Gasteiger partial charge >= 0.3 is 0 Å². The van der Waals surface area contributed by atoms with Crippen LogP contribution in [0.15, 0.2) is 0 Å². The van der Waals surface area contributed by atoms with Crippen LogP contribution in [0.1, 0.15) is 32.1 Å². The van der Waals surface area contributed by atoms with E-state index in [2.05, 4.69) is 0 Å². The summed E-state index contributed by atoms with van der Waals surface area (Å²) in [6.07, 6.45) is 5.30. The SMILES string of the molecule is O=C1CCCCCCOC1. The minimum atomic E-state index is 0.266. The van der Waals surface area contributed by atoms with Gasteiger partial charge in [-0.05, 0) is 12.8 Å². The van der Waals surface area contributed by atoms with Crippen LogP contribution in [0.5, 0.6) is 0 Å². The average Bonchev–Trinajstić information content (AvgIpc) is 2.02. The highest BCUT2D eigenvalue weighted by Crippen LogP contribution is 2.06. The molecule has 0 bridgehead atoms. The maximum atomic E-state index is 10.9. The molecule has 0 spiro atoms. The Morgan fingerprint density at radius 2 is 1.90 bits per heavy atom. The van der Waals surface area contributed by atoms with Crippen LogP contribution in [0.25, 0.3) is 0 Å². The van der Waals surface area contributed by atoms with Crippen molar-refractivity contribution in [2.75, 3.05) is 13.2 Å². The molecule has 0 amide bonds. The summed E-state index contributed by atoms with van der Waals surface area (Å²) in [6.45, 7) is 1.12. The maximum absolute atomic E-state index is 10.9. The van der Waals surface area contributed by atoms with E-state index in [-0.39, 0.29) is 5.78 Å². The zero-order valence-electron chi connectivity index (χ0n) is 6.27. The average molecular weight is 142 g/mol. The van der Waals surface area contributed by atoms with Gasteiger partial charge in [0, 0.05) is 13.0 Å². The Hall–Kier alpha value is -0.370. The molecule has 0 unspecified atom stereocenters. The van der Waals surface area contributed by atoms with E-state index in [1.807, 2.05) is 0 Å². The lowest BCUT2D eigenvalue weighted by Gasteiger charge is -1.97. The highest BCUT2D eigenvalue weighted by molar-refractivity contribution is 5.79. The van der Waals surface area contributed by atoms with Crippen molar-refractivity contribution in [1.29, 1.82) is 0 Å². The lowest BCUT2D eigenvalue weighted by molar-refractivity contribution is -0.123. The van der Waals surface area contributed by atoms with E-state index in [0.29, 0.717) is 6.61 Å². The first kappa shape index (κ1) is 7.73. The molecule has 1 aliphatic heterocycles. The summed E-state index contributed by atoms with van der Waals surface area (Å²) in [5, 5.41) is 0. The first-order valence-corrected chi connectivity index (χ1v) is 3.99. The van der Waals surface area contributed by atoms with Gasteiger partial charge in [0.25, 0.3) is 0 Å². The fourth-order valence-electron chi connectivity index (χ4n) is 1.14. The zero-order valence-corrected chi connectivity index (χ0v) is 6.27. The molecule has 0 aromatic heterocycles. The van der Waals surface area contributed by atoms with Gasteiger partial charge in [-0.2, -0.15) is 0 Å². The van der Waals surface area contributed by atoms with Crippen molar-refractivity contribution in [3.05, 3.63) is 0 Å². The number of ether oxygens (including phenoxy) is 1. The molecule has 10 heavy (non-hydrogen) atoms. The maximum Gasteiger partial charge on any atom is 0.158 e. The molecular weight excluding hydrogens is 128 g/mol. The molecule has 0 aliphatic carbocycles. The third kappa shape index (κ3) is 2.97. The number of ketones is 1. The van der Waals surface area contributed by atoms with E-state index in [1.54, 1.807) is 0 Å². The van der Waals surface area contributed by atoms with Gasteiger partial charge in [-0.1, -0.05) is 12.8 Å². The van der Waals surface area contributed by atoms with Crippen LogP contribution in [-0.2, 0) is 9.53 Å². The van der Waals surface area contributed by atoms with Crippen LogP contribution in [0, 0.1) is 0 Å². The van der Waals surface area contributed by atoms with Gasteiger partial charge in [0.2, 0.25) is 0 Å². The fraction of sp³-hybridized carbons (Fsp3) is 0.875. The highest BCUT2D eigenvalue weighted by atomic mass is 16.5. The first-order valence-electron chi connectivity index (χ1n) is 3.99. The van der Waals surface area contributed by atoms with Crippen molar-refractivity contribution >= 4 is 5.78 Å². The minimum Gasteiger partial charge on any atom is -0.374 e. The third-order valence-electron chi connectivity index (χ3n) is 1.76. The van der Waals surface area contributed by atoms with Gasteiger partial charge in [-0.25, -0.2) is 0 Å². The number of carbonyl (C=O) groups is 1. The number of rotatable bonds is 0. The van der Waals surface area contributed by atoms with Crippen LogP contribution in [0.2, 0.25) is 0 Å². The molecule has 1 heterocycles. The molecule has 0 radical (unpaired) electrons. The van der Waals surface area contributed by atoms with Crippen LogP contribution >= 0.6 is 0 Å². The normalized spacial score (nSPS) is 23.0. The number of hydrogen-bond donors (Lipinski definition) is 0. The first-order chi connectivity index (χ1) is 4.89. The monoisotopic (exact) mass is 142 g/mol. The molecule has 1 fully saturated rings. The lowest BCUT2D eigenvalue weighted by atomic mass is 10.1. The molecule has 1 aliphatic rings. The van der Waals surface area contributed by atoms with E-state index in [1.165, 1.54) is 12.8 Å². The molecule has 1 saturated heterocycles. The summed E-state index contributed by atoms with van der Waals surface area (Å²) in [7, 11) is 0. The Balaban J connectivity index is 2.21. The Morgan fingerprint density at radius 3 is 2.80 bits per heavy atom. The van der Waals surface area contributed by atoms with Crippen LogP contribution in [0.3, 0.4) is 0 Å². The molecule has 0 N–H and O–H groups in total. The molecule has 2 nitrogen and oxygen atoms in total. The number of carbonyl (C=O) groups excluding carboxylic acids is 1. The van der Waals surface area contributed by atoms with Crippen molar-refractivity contribution in [3.63, 3.8) is 0 Å². The molecule has 0 saturated carbocycles. The van der Waals surface area contributed by atoms with Crippen molar-refractivity contribution in [2.45, 2.75) is 32.1 Å². The summed E-state index contributed by atoms with van der Waals surface area (Å²) in [5.41, 5.74) is 0. The van der Waals surface area contributed by atoms with Gasteiger partial charge < -0.3 is 4.74 Å². The van der Waals surface area contributed by atoms with Crippen LogP contribution in [0.4, 0.5) is 0 Å². The molecule has 58 valence electrons. The smallest absolute Gasteiger partial charge is 0.158 e. The van der Waals surface area contributed by atoms with Crippen molar-refractivity contribution < 1.29 is 9.53 Å². The summed E-state index contributed by atoms with van der Waals surface area (Å²) < 4.78 is 5.12. The van der Waals surface area contributed by atoms with Crippen LogP contribution < -0.4 is 0 Å². The molecule has 1 rings (SSSR count). The van der Waals surface area contributed by atoms with E-state index in [9.17, 15) is 4.79 Å². The van der Waals surface area contributed by atoms with Gasteiger partial charge in [0.1, 0.15) is 6.61 Å². The summed E-state index contributed by atoms with van der Waals surface area (Å²) in [5.74, 6) is 0.266. The van der Waals surface area contributed by atoms with E-state index >= 15 is 0 Å². The molecule has 0 aromatic carbocycles. The van der Waals surface area contributed by atoms with Gasteiger partial charge in [-0.3, -0.25) is 4.79 Å². The van der Waals surface area contributed by atoms with E-state index < -0.39 is 0 Å². The van der Waals surface area contributed by atoms with Crippen molar-refractivity contribution in [1.82, 2.24) is 0 Å². The predicted molar refractivity (Wildman–Crippen MR) is 38.9 cm³/mol. The Bertz CT molecular complexity index is 97.8. The molecule has 2 heteroatoms. The number of hydrogen-bond acceptors (Lipinski definition) is 2. The molecular formula is C8H14O2. The summed E-state index contributed by atoms with van der Waals surface area (Å²) in [6, 6.07) is 0. The summed E-state index contributed by atoms with van der Waals surface area (Å²) >= 11 is 0. The second kappa shape index (κ2) is 4.45. The van der Waals surface area contributed by atoms with E-state index in [0.717, 1.165) is 25.9 Å². The van der Waals surface area contributed by atoms with Gasteiger partial charge in [0.05, 0.1) is 0 Å². The van der Waals surface area contributed by atoms with E-state index in [4.69, 9.17) is 4.74 Å². The van der Waals surface area contributed by atoms with Gasteiger partial charge in [0.15, 0.2) is 5.78 Å². The predicted octanol–water partition coefficient (Wildman–Crippen LogP) is 1.54. The zero-order chi connectivity index (χ0) is 7.23. The van der Waals surface area contributed by atoms with Crippen molar-refractivity contribution in [2.24, 2.45) is 0 Å². The third-order valence-corrected chi connectivity index (χ3v) is 1.76. The Labute approximate surface area is 61.6 Å². The largest absolute Gasteiger partial charge is 0.374 e. The summed E-state index contributed by atoms with van der Waals surface area (Å²) in [4.78, 5) is 10.9.